The minimum atomic E-state index is -1.34. The molecule has 0 aliphatic rings. The van der Waals surface area contributed by atoms with Crippen LogP contribution in [0.25, 0.3) is 6.08 Å². The zero-order valence-corrected chi connectivity index (χ0v) is 23.0. The van der Waals surface area contributed by atoms with E-state index in [1.165, 1.54) is 4.90 Å². The van der Waals surface area contributed by atoms with Crippen LogP contribution in [0.4, 0.5) is 4.79 Å². The second kappa shape index (κ2) is 11.6. The summed E-state index contributed by atoms with van der Waals surface area (Å²) in [6.07, 6.45) is 0.302. The first kappa shape index (κ1) is 30.7. The molecule has 0 spiro atoms. The topological polar surface area (TPSA) is 131 Å². The van der Waals surface area contributed by atoms with E-state index in [1.54, 1.807) is 65.8 Å². The van der Waals surface area contributed by atoms with Crippen molar-refractivity contribution in [3.05, 3.63) is 42.0 Å². The molecule has 4 amide bonds. The number of nitrogens with two attached hydrogens (primary N) is 1. The number of benzene rings is 1. The fraction of sp³-hybridized carbons (Fsp3) is 0.556. The molecule has 0 fully saturated rings. The number of nitrogens with one attached hydrogen (secondary N) is 2. The van der Waals surface area contributed by atoms with E-state index < -0.39 is 59.0 Å². The Morgan fingerprint density at radius 2 is 1.64 bits per heavy atom. The lowest BCUT2D eigenvalue weighted by Crippen LogP contribution is -2.60. The largest absolute Gasteiger partial charge is 0.444 e. The average Bonchev–Trinajstić information content (AvgIpc) is 2.66. The number of ether oxygens (including phenoxy) is 1. The highest BCUT2D eigenvalue weighted by molar-refractivity contribution is 5.95. The Bertz CT molecular complexity index is 983. The van der Waals surface area contributed by atoms with Gasteiger partial charge in [-0.05, 0) is 79.5 Å². The summed E-state index contributed by atoms with van der Waals surface area (Å²) < 4.78 is 5.29. The molecule has 36 heavy (non-hydrogen) atoms. The van der Waals surface area contributed by atoms with Crippen molar-refractivity contribution in [2.24, 2.45) is 5.73 Å². The molecule has 0 bridgehead atoms. The van der Waals surface area contributed by atoms with Gasteiger partial charge in [-0.25, -0.2) is 4.79 Å². The quantitative estimate of drug-likeness (QED) is 0.499. The van der Waals surface area contributed by atoms with Crippen LogP contribution in [0.15, 0.2) is 30.8 Å². The molecule has 1 aromatic rings. The molecule has 9 heteroatoms. The van der Waals surface area contributed by atoms with Gasteiger partial charge < -0.3 is 26.0 Å². The van der Waals surface area contributed by atoms with Gasteiger partial charge in [0, 0.05) is 11.1 Å². The first-order valence-corrected chi connectivity index (χ1v) is 11.9. The van der Waals surface area contributed by atoms with Crippen molar-refractivity contribution in [1.29, 1.82) is 0 Å². The monoisotopic (exact) mass is 502 g/mol. The SMILES string of the molecule is C=Cc1cccc(C(C(=O)NC(C)(C)C)N(C(=O)C(CC(N)=O)NC(=O)OC(C)(C)C)C(C)(C)C)c1. The third-order valence-corrected chi connectivity index (χ3v) is 4.82. The lowest BCUT2D eigenvalue weighted by Gasteiger charge is -2.43. The van der Waals surface area contributed by atoms with Gasteiger partial charge >= 0.3 is 6.09 Å². The maximum Gasteiger partial charge on any atom is 0.408 e. The van der Waals surface area contributed by atoms with Gasteiger partial charge in [0.05, 0.1) is 6.42 Å². The van der Waals surface area contributed by atoms with Crippen molar-refractivity contribution >= 4 is 29.9 Å². The van der Waals surface area contributed by atoms with Crippen LogP contribution in [0.2, 0.25) is 0 Å². The third-order valence-electron chi connectivity index (χ3n) is 4.82. The molecule has 0 saturated carbocycles. The molecule has 1 aromatic carbocycles. The molecular formula is C27H42N4O5. The Hall–Kier alpha value is -3.36. The zero-order valence-electron chi connectivity index (χ0n) is 23.0. The summed E-state index contributed by atoms with van der Waals surface area (Å²) in [6, 6.07) is 4.71. The second-order valence-corrected chi connectivity index (χ2v) is 11.8. The molecule has 4 N–H and O–H groups in total. The van der Waals surface area contributed by atoms with E-state index in [0.29, 0.717) is 5.56 Å². The molecule has 1 rings (SSSR count). The van der Waals surface area contributed by atoms with E-state index >= 15 is 0 Å². The van der Waals surface area contributed by atoms with Crippen LogP contribution in [-0.2, 0) is 19.1 Å². The lowest BCUT2D eigenvalue weighted by molar-refractivity contribution is -0.149. The second-order valence-electron chi connectivity index (χ2n) is 11.8. The van der Waals surface area contributed by atoms with Crippen LogP contribution in [-0.4, -0.2) is 51.4 Å². The summed E-state index contributed by atoms with van der Waals surface area (Å²) >= 11 is 0. The van der Waals surface area contributed by atoms with Gasteiger partial charge in [0.15, 0.2) is 0 Å². The fourth-order valence-corrected chi connectivity index (χ4v) is 3.58. The molecule has 0 aliphatic carbocycles. The zero-order chi connectivity index (χ0) is 28.1. The number of hydrogen-bond acceptors (Lipinski definition) is 5. The Labute approximate surface area is 214 Å². The molecule has 0 saturated heterocycles. The number of nitrogens with zero attached hydrogens (tertiary/aromatic N) is 1. The predicted molar refractivity (Wildman–Crippen MR) is 141 cm³/mol. The molecule has 2 atom stereocenters. The molecule has 9 nitrogen and oxygen atoms in total. The molecule has 0 heterocycles. The smallest absolute Gasteiger partial charge is 0.408 e. The van der Waals surface area contributed by atoms with Gasteiger partial charge in [-0.15, -0.1) is 0 Å². The van der Waals surface area contributed by atoms with Crippen molar-refractivity contribution in [1.82, 2.24) is 15.5 Å². The molecule has 0 aliphatic heterocycles. The van der Waals surface area contributed by atoms with Crippen molar-refractivity contribution < 1.29 is 23.9 Å². The molecule has 2 unspecified atom stereocenters. The number of amides is 4. The Kier molecular flexibility index (Phi) is 9.87. The standard InChI is InChI=1S/C27H42N4O5/c1-11-17-13-12-14-18(15-17)21(22(33)30-25(2,3)4)31(26(5,6)7)23(34)19(16-20(28)32)29-24(35)36-27(8,9)10/h11-15,19,21H,1,16H2,2-10H3,(H2,28,32)(H,29,35)(H,30,33). The van der Waals surface area contributed by atoms with Crippen LogP contribution >= 0.6 is 0 Å². The maximum absolute atomic E-state index is 14.0. The number of alkyl carbamates (subject to hydrolysis) is 1. The number of carbonyl (C=O) groups is 4. The average molecular weight is 503 g/mol. The van der Waals surface area contributed by atoms with Crippen LogP contribution in [0.1, 0.15) is 85.9 Å². The van der Waals surface area contributed by atoms with Crippen LogP contribution < -0.4 is 16.4 Å². The predicted octanol–water partition coefficient (Wildman–Crippen LogP) is 3.68. The summed E-state index contributed by atoms with van der Waals surface area (Å²) in [6.45, 7) is 19.7. The Morgan fingerprint density at radius 3 is 2.08 bits per heavy atom. The van der Waals surface area contributed by atoms with E-state index in [2.05, 4.69) is 17.2 Å². The van der Waals surface area contributed by atoms with Gasteiger partial charge in [0.25, 0.3) is 0 Å². The van der Waals surface area contributed by atoms with Gasteiger partial charge in [0.2, 0.25) is 17.7 Å². The van der Waals surface area contributed by atoms with Gasteiger partial charge in [-0.3, -0.25) is 14.4 Å². The number of carbonyl (C=O) groups excluding carboxylic acids is 4. The molecule has 200 valence electrons. The van der Waals surface area contributed by atoms with Crippen LogP contribution in [0, 0.1) is 0 Å². The van der Waals surface area contributed by atoms with Gasteiger partial charge in [0.1, 0.15) is 17.7 Å². The Morgan fingerprint density at radius 1 is 1.06 bits per heavy atom. The molecular weight excluding hydrogens is 460 g/mol. The van der Waals surface area contributed by atoms with Crippen molar-refractivity contribution in [2.45, 2.75) is 97.5 Å². The summed E-state index contributed by atoms with van der Waals surface area (Å²) in [4.78, 5) is 53.5. The summed E-state index contributed by atoms with van der Waals surface area (Å²) in [5.41, 5.74) is 4.43. The van der Waals surface area contributed by atoms with Crippen molar-refractivity contribution in [3.63, 3.8) is 0 Å². The highest BCUT2D eigenvalue weighted by Crippen LogP contribution is 2.31. The first-order chi connectivity index (χ1) is 16.2. The van der Waals surface area contributed by atoms with E-state index in [-0.39, 0.29) is 0 Å². The van der Waals surface area contributed by atoms with Crippen LogP contribution in [0.5, 0.6) is 0 Å². The molecule has 0 aromatic heterocycles. The fourth-order valence-electron chi connectivity index (χ4n) is 3.58. The van der Waals surface area contributed by atoms with Crippen molar-refractivity contribution in [3.8, 4) is 0 Å². The van der Waals surface area contributed by atoms with Gasteiger partial charge in [-0.2, -0.15) is 0 Å². The highest BCUT2D eigenvalue weighted by Gasteiger charge is 2.43. The minimum absolute atomic E-state index is 0.415. The van der Waals surface area contributed by atoms with E-state index in [1.807, 2.05) is 26.8 Å². The summed E-state index contributed by atoms with van der Waals surface area (Å²) in [5.74, 6) is -1.85. The van der Waals surface area contributed by atoms with E-state index in [0.717, 1.165) is 5.56 Å². The molecule has 0 radical (unpaired) electrons. The Balaban J connectivity index is 3.67. The minimum Gasteiger partial charge on any atom is -0.444 e. The number of hydrogen-bond donors (Lipinski definition) is 3. The van der Waals surface area contributed by atoms with E-state index in [4.69, 9.17) is 10.5 Å². The summed E-state index contributed by atoms with van der Waals surface area (Å²) in [7, 11) is 0. The maximum atomic E-state index is 14.0. The van der Waals surface area contributed by atoms with Crippen molar-refractivity contribution in [2.75, 3.05) is 0 Å². The normalized spacial score (nSPS) is 13.7. The number of rotatable bonds is 8. The summed E-state index contributed by atoms with van der Waals surface area (Å²) in [5, 5.41) is 5.42. The van der Waals surface area contributed by atoms with Gasteiger partial charge in [-0.1, -0.05) is 30.9 Å². The lowest BCUT2D eigenvalue weighted by atomic mass is 9.93. The first-order valence-electron chi connectivity index (χ1n) is 11.9. The van der Waals surface area contributed by atoms with E-state index in [9.17, 15) is 19.2 Å². The van der Waals surface area contributed by atoms with Crippen LogP contribution in [0.3, 0.4) is 0 Å². The number of primary amides is 1. The highest BCUT2D eigenvalue weighted by atomic mass is 16.6. The third kappa shape index (κ3) is 9.71.